The number of hydrogen-bond acceptors (Lipinski definition) is 4. The SMILES string of the molecule is O=C(Nc1cccc(-c2cc3c(o2)CCN(C(=O)C2CCCCC2)C3)c1)c1cccs1. The monoisotopic (exact) mass is 434 g/mol. The maximum Gasteiger partial charge on any atom is 0.265 e. The molecule has 0 atom stereocenters. The molecule has 0 saturated heterocycles. The van der Waals surface area contributed by atoms with E-state index in [9.17, 15) is 9.59 Å². The van der Waals surface area contributed by atoms with Crippen LogP contribution >= 0.6 is 11.3 Å². The molecule has 0 bridgehead atoms. The van der Waals surface area contributed by atoms with Crippen LogP contribution in [0.25, 0.3) is 11.3 Å². The number of carbonyl (C=O) groups excluding carboxylic acids is 2. The molecule has 2 aromatic heterocycles. The van der Waals surface area contributed by atoms with E-state index in [-0.39, 0.29) is 11.8 Å². The Morgan fingerprint density at radius 3 is 2.74 bits per heavy atom. The molecule has 0 radical (unpaired) electrons. The molecule has 1 aliphatic heterocycles. The van der Waals surface area contributed by atoms with E-state index in [1.165, 1.54) is 30.6 Å². The largest absolute Gasteiger partial charge is 0.461 e. The topological polar surface area (TPSA) is 62.6 Å². The van der Waals surface area contributed by atoms with E-state index in [0.29, 0.717) is 17.3 Å². The Labute approximate surface area is 186 Å². The molecule has 0 spiro atoms. The third kappa shape index (κ3) is 4.30. The van der Waals surface area contributed by atoms with Crippen LogP contribution in [-0.4, -0.2) is 23.3 Å². The van der Waals surface area contributed by atoms with Gasteiger partial charge in [-0.2, -0.15) is 0 Å². The molecule has 1 aromatic carbocycles. The second-order valence-electron chi connectivity index (χ2n) is 8.42. The number of carbonyl (C=O) groups is 2. The summed E-state index contributed by atoms with van der Waals surface area (Å²) in [5, 5.41) is 4.84. The maximum absolute atomic E-state index is 12.9. The number of amides is 2. The smallest absolute Gasteiger partial charge is 0.265 e. The van der Waals surface area contributed by atoms with E-state index < -0.39 is 0 Å². The van der Waals surface area contributed by atoms with E-state index >= 15 is 0 Å². The number of anilines is 1. The second-order valence-corrected chi connectivity index (χ2v) is 9.36. The molecule has 1 saturated carbocycles. The van der Waals surface area contributed by atoms with Crippen molar-refractivity contribution < 1.29 is 14.0 Å². The van der Waals surface area contributed by atoms with Crippen molar-refractivity contribution in [3.8, 4) is 11.3 Å². The Balaban J connectivity index is 1.30. The van der Waals surface area contributed by atoms with E-state index in [2.05, 4.69) is 11.4 Å². The van der Waals surface area contributed by atoms with Crippen molar-refractivity contribution >= 4 is 28.8 Å². The van der Waals surface area contributed by atoms with Crippen molar-refractivity contribution in [2.24, 2.45) is 5.92 Å². The summed E-state index contributed by atoms with van der Waals surface area (Å²) in [5.41, 5.74) is 2.75. The lowest BCUT2D eigenvalue weighted by Gasteiger charge is -2.31. The lowest BCUT2D eigenvalue weighted by Crippen LogP contribution is -2.40. The first-order valence-electron chi connectivity index (χ1n) is 11.0. The number of thiophene rings is 1. The van der Waals surface area contributed by atoms with Gasteiger partial charge in [-0.1, -0.05) is 37.5 Å². The minimum absolute atomic E-state index is 0.109. The van der Waals surface area contributed by atoms with Gasteiger partial charge in [-0.3, -0.25) is 9.59 Å². The van der Waals surface area contributed by atoms with Gasteiger partial charge in [-0.05, 0) is 42.5 Å². The van der Waals surface area contributed by atoms with Gasteiger partial charge in [0.1, 0.15) is 11.5 Å². The minimum atomic E-state index is -0.109. The zero-order valence-electron chi connectivity index (χ0n) is 17.4. The highest BCUT2D eigenvalue weighted by Gasteiger charge is 2.30. The Morgan fingerprint density at radius 1 is 1.06 bits per heavy atom. The average molecular weight is 435 g/mol. The number of rotatable bonds is 4. The Hall–Kier alpha value is -2.86. The van der Waals surface area contributed by atoms with Crippen LogP contribution in [0.2, 0.25) is 0 Å². The molecule has 160 valence electrons. The highest BCUT2D eigenvalue weighted by molar-refractivity contribution is 7.12. The first-order chi connectivity index (χ1) is 15.2. The van der Waals surface area contributed by atoms with Crippen molar-refractivity contribution in [2.75, 3.05) is 11.9 Å². The maximum atomic E-state index is 12.9. The van der Waals surface area contributed by atoms with E-state index in [0.717, 1.165) is 54.1 Å². The number of fused-ring (bicyclic) bond motifs is 1. The Bertz CT molecular complexity index is 1080. The third-order valence-corrected chi connectivity index (χ3v) is 7.15. The minimum Gasteiger partial charge on any atom is -0.461 e. The first kappa shape index (κ1) is 20.1. The Morgan fingerprint density at radius 2 is 1.94 bits per heavy atom. The molecule has 6 heteroatoms. The molecule has 2 aliphatic rings. The van der Waals surface area contributed by atoms with Crippen LogP contribution in [0.1, 0.15) is 53.1 Å². The molecule has 3 heterocycles. The fraction of sp³-hybridized carbons (Fsp3) is 0.360. The van der Waals surface area contributed by atoms with Crippen LogP contribution < -0.4 is 5.32 Å². The van der Waals surface area contributed by atoms with Crippen molar-refractivity contribution in [1.29, 1.82) is 0 Å². The van der Waals surface area contributed by atoms with Gasteiger partial charge in [-0.25, -0.2) is 0 Å². The quantitative estimate of drug-likeness (QED) is 0.571. The van der Waals surface area contributed by atoms with Crippen LogP contribution in [0, 0.1) is 5.92 Å². The molecular formula is C25H26N2O3S. The summed E-state index contributed by atoms with van der Waals surface area (Å²) in [5.74, 6) is 2.15. The van der Waals surface area contributed by atoms with Crippen molar-refractivity contribution in [2.45, 2.75) is 45.1 Å². The number of nitrogens with one attached hydrogen (secondary N) is 1. The van der Waals surface area contributed by atoms with Crippen LogP contribution in [0.5, 0.6) is 0 Å². The molecule has 1 N–H and O–H groups in total. The summed E-state index contributed by atoms with van der Waals surface area (Å²) >= 11 is 1.42. The summed E-state index contributed by atoms with van der Waals surface area (Å²) in [6, 6.07) is 13.4. The van der Waals surface area contributed by atoms with E-state index in [1.807, 2.05) is 46.7 Å². The zero-order chi connectivity index (χ0) is 21.2. The van der Waals surface area contributed by atoms with Crippen molar-refractivity contribution in [3.63, 3.8) is 0 Å². The van der Waals surface area contributed by atoms with Gasteiger partial charge < -0.3 is 14.6 Å². The fourth-order valence-electron chi connectivity index (χ4n) is 4.62. The number of furan rings is 1. The van der Waals surface area contributed by atoms with Crippen LogP contribution in [0.3, 0.4) is 0 Å². The number of hydrogen-bond donors (Lipinski definition) is 1. The predicted molar refractivity (Wildman–Crippen MR) is 122 cm³/mol. The molecule has 1 aliphatic carbocycles. The lowest BCUT2D eigenvalue weighted by molar-refractivity contribution is -0.137. The second kappa shape index (κ2) is 8.71. The highest BCUT2D eigenvalue weighted by atomic mass is 32.1. The van der Waals surface area contributed by atoms with Crippen LogP contribution in [0.4, 0.5) is 5.69 Å². The normalized spacial score (nSPS) is 16.7. The summed E-state index contributed by atoms with van der Waals surface area (Å²) in [7, 11) is 0. The predicted octanol–water partition coefficient (Wildman–Crippen LogP) is 5.73. The number of nitrogens with zero attached hydrogens (tertiary/aromatic N) is 1. The highest BCUT2D eigenvalue weighted by Crippen LogP contribution is 2.33. The molecule has 2 amide bonds. The van der Waals surface area contributed by atoms with Crippen LogP contribution in [0.15, 0.2) is 52.3 Å². The van der Waals surface area contributed by atoms with Gasteiger partial charge in [0.25, 0.3) is 5.91 Å². The molecule has 5 nitrogen and oxygen atoms in total. The van der Waals surface area contributed by atoms with Gasteiger partial charge in [0.15, 0.2) is 0 Å². The van der Waals surface area contributed by atoms with E-state index in [1.54, 1.807) is 0 Å². The summed E-state index contributed by atoms with van der Waals surface area (Å²) in [4.78, 5) is 28.0. The summed E-state index contributed by atoms with van der Waals surface area (Å²) < 4.78 is 6.15. The summed E-state index contributed by atoms with van der Waals surface area (Å²) in [6.45, 7) is 1.36. The van der Waals surface area contributed by atoms with Crippen molar-refractivity contribution in [3.05, 3.63) is 64.0 Å². The van der Waals surface area contributed by atoms with Crippen molar-refractivity contribution in [1.82, 2.24) is 4.90 Å². The molecule has 3 aromatic rings. The molecule has 0 unspecified atom stereocenters. The third-order valence-electron chi connectivity index (χ3n) is 6.28. The zero-order valence-corrected chi connectivity index (χ0v) is 18.2. The van der Waals surface area contributed by atoms with Gasteiger partial charge in [0, 0.05) is 42.2 Å². The average Bonchev–Trinajstić information content (AvgIpc) is 3.49. The van der Waals surface area contributed by atoms with Gasteiger partial charge in [0.05, 0.1) is 4.88 Å². The van der Waals surface area contributed by atoms with Gasteiger partial charge in [0.2, 0.25) is 5.91 Å². The molecule has 31 heavy (non-hydrogen) atoms. The Kier molecular flexibility index (Phi) is 5.64. The summed E-state index contributed by atoms with van der Waals surface area (Å²) in [6.07, 6.45) is 6.41. The van der Waals surface area contributed by atoms with Crippen LogP contribution in [-0.2, 0) is 17.8 Å². The lowest BCUT2D eigenvalue weighted by atomic mass is 9.88. The molecule has 1 fully saturated rings. The van der Waals surface area contributed by atoms with E-state index in [4.69, 9.17) is 4.42 Å². The fourth-order valence-corrected chi connectivity index (χ4v) is 5.24. The van der Waals surface area contributed by atoms with Gasteiger partial charge >= 0.3 is 0 Å². The standard InChI is InChI=1S/C25H26N2O3S/c28-24(23-10-5-13-31-23)26-20-9-4-8-18(14-20)22-15-19-16-27(12-11-21(19)30-22)25(29)17-6-2-1-3-7-17/h4-5,8-10,13-15,17H,1-3,6-7,11-12,16H2,(H,26,28). The molecular weight excluding hydrogens is 408 g/mol. The first-order valence-corrected chi connectivity index (χ1v) is 11.9. The molecule has 5 rings (SSSR count). The van der Waals surface area contributed by atoms with Gasteiger partial charge in [-0.15, -0.1) is 11.3 Å². The number of benzene rings is 1.